The van der Waals surface area contributed by atoms with Crippen LogP contribution in [0, 0.1) is 46.3 Å². The first-order valence-corrected chi connectivity index (χ1v) is 12.5. The van der Waals surface area contributed by atoms with Gasteiger partial charge in [-0.1, -0.05) is 20.8 Å². The second-order valence-electron chi connectivity index (χ2n) is 12.1. The lowest BCUT2D eigenvalue weighted by atomic mass is 9.43. The van der Waals surface area contributed by atoms with Crippen molar-refractivity contribution in [1.29, 1.82) is 0 Å². The number of carboxylic acid groups (broad SMARTS) is 1. The molecule has 0 aromatic heterocycles. The maximum absolute atomic E-state index is 12.1. The molecule has 0 aromatic rings. The highest BCUT2D eigenvalue weighted by atomic mass is 16.4. The van der Waals surface area contributed by atoms with E-state index >= 15 is 0 Å². The third-order valence-electron chi connectivity index (χ3n) is 11.0. The number of carbonyl (C=O) groups is 2. The van der Waals surface area contributed by atoms with Crippen LogP contribution in [0.4, 0.5) is 0 Å². The van der Waals surface area contributed by atoms with Crippen molar-refractivity contribution in [3.05, 3.63) is 0 Å². The molecule has 4 heteroatoms. The van der Waals surface area contributed by atoms with Gasteiger partial charge in [-0.3, -0.25) is 9.59 Å². The van der Waals surface area contributed by atoms with Crippen LogP contribution in [-0.4, -0.2) is 27.6 Å². The molecule has 4 fully saturated rings. The molecule has 0 bridgehead atoms. The Morgan fingerprint density at radius 3 is 2.33 bits per heavy atom. The van der Waals surface area contributed by atoms with Crippen LogP contribution in [0.25, 0.3) is 0 Å². The fourth-order valence-electron chi connectivity index (χ4n) is 9.09. The molecule has 9 atom stereocenters. The molecular formula is C26H42O4. The molecule has 0 amide bonds. The third-order valence-corrected chi connectivity index (χ3v) is 11.0. The van der Waals surface area contributed by atoms with Crippen LogP contribution in [0.15, 0.2) is 0 Å². The largest absolute Gasteiger partial charge is 0.481 e. The number of ketones is 1. The molecule has 4 saturated carbocycles. The summed E-state index contributed by atoms with van der Waals surface area (Å²) in [5.41, 5.74) is -0.464. The molecule has 0 spiro atoms. The van der Waals surface area contributed by atoms with E-state index in [9.17, 15) is 14.7 Å². The molecule has 0 aromatic carbocycles. The normalized spacial score (nSPS) is 48.9. The number of hydrogen-bond donors (Lipinski definition) is 2. The Morgan fingerprint density at radius 1 is 0.967 bits per heavy atom. The highest BCUT2D eigenvalue weighted by Gasteiger charge is 2.62. The van der Waals surface area contributed by atoms with E-state index in [1.807, 2.05) is 0 Å². The number of fused-ring (bicyclic) bond motifs is 5. The molecule has 0 aliphatic heterocycles. The van der Waals surface area contributed by atoms with Gasteiger partial charge in [0.15, 0.2) is 5.78 Å². The van der Waals surface area contributed by atoms with Crippen molar-refractivity contribution in [2.75, 3.05) is 0 Å². The molecule has 4 aliphatic rings. The smallest absolute Gasteiger partial charge is 0.303 e. The second-order valence-corrected chi connectivity index (χ2v) is 12.1. The summed E-state index contributed by atoms with van der Waals surface area (Å²) < 4.78 is 0. The fraction of sp³-hybridized carbons (Fsp3) is 0.923. The van der Waals surface area contributed by atoms with Gasteiger partial charge in [0.05, 0.1) is 0 Å². The van der Waals surface area contributed by atoms with E-state index in [2.05, 4.69) is 20.8 Å². The van der Waals surface area contributed by atoms with Crippen molar-refractivity contribution in [2.24, 2.45) is 46.3 Å². The van der Waals surface area contributed by atoms with Crippen molar-refractivity contribution >= 4 is 11.8 Å². The summed E-state index contributed by atoms with van der Waals surface area (Å²) in [6.45, 7) is 8.84. The molecule has 4 rings (SSSR count). The quantitative estimate of drug-likeness (QED) is 0.621. The van der Waals surface area contributed by atoms with E-state index in [1.165, 1.54) is 32.1 Å². The number of hydrogen-bond acceptors (Lipinski definition) is 3. The lowest BCUT2D eigenvalue weighted by Crippen LogP contribution is -2.57. The van der Waals surface area contributed by atoms with Crippen LogP contribution in [0.3, 0.4) is 0 Å². The van der Waals surface area contributed by atoms with Gasteiger partial charge in [-0.2, -0.15) is 0 Å². The molecule has 0 saturated heterocycles. The Hall–Kier alpha value is -0.900. The average molecular weight is 419 g/mol. The topological polar surface area (TPSA) is 74.6 Å². The van der Waals surface area contributed by atoms with Gasteiger partial charge in [-0.15, -0.1) is 0 Å². The molecule has 1 unspecified atom stereocenters. The molecule has 0 radical (unpaired) electrons. The highest BCUT2D eigenvalue weighted by Crippen LogP contribution is 2.68. The summed E-state index contributed by atoms with van der Waals surface area (Å²) in [6.07, 6.45) is 10.9. The second kappa shape index (κ2) is 7.60. The van der Waals surface area contributed by atoms with Gasteiger partial charge < -0.3 is 10.2 Å². The maximum atomic E-state index is 12.1. The van der Waals surface area contributed by atoms with Gasteiger partial charge >= 0.3 is 5.97 Å². The first-order valence-electron chi connectivity index (χ1n) is 12.5. The number of aliphatic hydroxyl groups is 1. The molecular weight excluding hydrogens is 376 g/mol. The van der Waals surface area contributed by atoms with E-state index in [4.69, 9.17) is 5.11 Å². The van der Waals surface area contributed by atoms with E-state index in [-0.39, 0.29) is 11.2 Å². The lowest BCUT2D eigenvalue weighted by molar-refractivity contribution is -0.165. The van der Waals surface area contributed by atoms with Crippen LogP contribution >= 0.6 is 0 Å². The fourth-order valence-corrected chi connectivity index (χ4v) is 9.09. The number of Topliss-reactive ketones (excluding diaryl/α,β-unsaturated/α-hetero) is 1. The van der Waals surface area contributed by atoms with Crippen molar-refractivity contribution < 1.29 is 19.8 Å². The summed E-state index contributed by atoms with van der Waals surface area (Å²) in [5, 5.41) is 20.0. The standard InChI is InChI=1S/C26H42O4/c1-16(5-10-23(28)29)20-8-9-21-19-7-6-18-15-26(30,17(2)27)14-13-24(18,3)22(19)11-12-25(20,21)4/h16,18-22,30H,5-15H2,1-4H3,(H,28,29)/t16-,18?,19+,20-,21+,22+,24+,25-,26-/m1/s1. The van der Waals surface area contributed by atoms with Gasteiger partial charge in [0.25, 0.3) is 0 Å². The number of aliphatic carboxylic acids is 1. The Kier molecular flexibility index (Phi) is 5.65. The monoisotopic (exact) mass is 418 g/mol. The van der Waals surface area contributed by atoms with Gasteiger partial charge in [0, 0.05) is 6.42 Å². The van der Waals surface area contributed by atoms with E-state index < -0.39 is 11.6 Å². The first-order chi connectivity index (χ1) is 14.0. The van der Waals surface area contributed by atoms with Crippen molar-refractivity contribution in [3.63, 3.8) is 0 Å². The summed E-state index contributed by atoms with van der Waals surface area (Å²) in [4.78, 5) is 23.2. The SMILES string of the molecule is CC(=O)[C@@]1(O)CC[C@@]2(C)C(CC[C@H]3[C@@H]4CC[C@H]([C@H](C)CCC(=O)O)[C@@]4(C)CC[C@@H]32)C1. The molecule has 30 heavy (non-hydrogen) atoms. The van der Waals surface area contributed by atoms with Crippen molar-refractivity contribution in [2.45, 2.75) is 104 Å². The molecule has 4 nitrogen and oxygen atoms in total. The average Bonchev–Trinajstić information content (AvgIpc) is 3.04. The zero-order valence-corrected chi connectivity index (χ0v) is 19.5. The first kappa shape index (κ1) is 22.3. The molecule has 2 N–H and O–H groups in total. The number of carboxylic acids is 1. The Morgan fingerprint density at radius 2 is 1.67 bits per heavy atom. The third kappa shape index (κ3) is 3.36. The predicted molar refractivity (Wildman–Crippen MR) is 117 cm³/mol. The number of rotatable bonds is 5. The zero-order valence-electron chi connectivity index (χ0n) is 19.5. The molecule has 0 heterocycles. The minimum absolute atomic E-state index is 0.0446. The lowest BCUT2D eigenvalue weighted by Gasteiger charge is -2.62. The van der Waals surface area contributed by atoms with Crippen molar-refractivity contribution in [1.82, 2.24) is 0 Å². The van der Waals surface area contributed by atoms with Crippen molar-refractivity contribution in [3.8, 4) is 0 Å². The minimum atomic E-state index is -1.09. The van der Waals surface area contributed by atoms with Gasteiger partial charge in [0.1, 0.15) is 5.60 Å². The Bertz CT molecular complexity index is 703. The summed E-state index contributed by atoms with van der Waals surface area (Å²) >= 11 is 0. The molecule has 4 aliphatic carbocycles. The Balaban J connectivity index is 1.51. The predicted octanol–water partition coefficient (Wildman–Crippen LogP) is 5.47. The van der Waals surface area contributed by atoms with Crippen LogP contribution < -0.4 is 0 Å². The van der Waals surface area contributed by atoms with E-state index in [0.29, 0.717) is 42.4 Å². The zero-order chi connectivity index (χ0) is 21.9. The van der Waals surface area contributed by atoms with Crippen LogP contribution in [-0.2, 0) is 9.59 Å². The van der Waals surface area contributed by atoms with E-state index in [1.54, 1.807) is 6.92 Å². The summed E-state index contributed by atoms with van der Waals surface area (Å²) in [7, 11) is 0. The Labute approximate surface area is 182 Å². The molecule has 170 valence electrons. The maximum Gasteiger partial charge on any atom is 0.303 e. The highest BCUT2D eigenvalue weighted by molar-refractivity contribution is 5.84. The van der Waals surface area contributed by atoms with Gasteiger partial charge in [-0.25, -0.2) is 0 Å². The minimum Gasteiger partial charge on any atom is -0.481 e. The summed E-state index contributed by atoms with van der Waals surface area (Å²) in [5.74, 6) is 3.15. The number of carbonyl (C=O) groups excluding carboxylic acids is 1. The van der Waals surface area contributed by atoms with E-state index in [0.717, 1.165) is 37.0 Å². The van der Waals surface area contributed by atoms with Crippen LogP contribution in [0.2, 0.25) is 0 Å². The van der Waals surface area contributed by atoms with Gasteiger partial charge in [0.2, 0.25) is 0 Å². The van der Waals surface area contributed by atoms with Crippen LogP contribution in [0.5, 0.6) is 0 Å². The van der Waals surface area contributed by atoms with Crippen LogP contribution in [0.1, 0.15) is 98.3 Å². The summed E-state index contributed by atoms with van der Waals surface area (Å²) in [6, 6.07) is 0. The van der Waals surface area contributed by atoms with Gasteiger partial charge in [-0.05, 0) is 117 Å².